The third kappa shape index (κ3) is 2.45. The second-order valence-electron chi connectivity index (χ2n) is 3.36. The quantitative estimate of drug-likeness (QED) is 0.542. The standard InChI is InChI=1S/C7H10N2O4S2.ClH/c1-15(11,12)13-4-2-9-6(10)5(8)7(9)14-3-4;/h2,5,7H,3,8H2,1H3;1H/t5?,7-;/m1./s1. The van der Waals surface area contributed by atoms with Crippen molar-refractivity contribution in [1.29, 1.82) is 0 Å². The monoisotopic (exact) mass is 286 g/mol. The summed E-state index contributed by atoms with van der Waals surface area (Å²) in [5.41, 5.74) is 5.55. The Labute approximate surface area is 104 Å². The molecule has 0 aromatic rings. The van der Waals surface area contributed by atoms with Crippen LogP contribution in [-0.4, -0.2) is 42.6 Å². The average molecular weight is 287 g/mol. The number of hydrogen-bond acceptors (Lipinski definition) is 6. The molecule has 0 spiro atoms. The van der Waals surface area contributed by atoms with Gasteiger partial charge in [-0.25, -0.2) is 0 Å². The molecule has 0 radical (unpaired) electrons. The first-order valence-corrected chi connectivity index (χ1v) is 7.04. The van der Waals surface area contributed by atoms with Crippen molar-refractivity contribution in [3.05, 3.63) is 12.0 Å². The highest BCUT2D eigenvalue weighted by Gasteiger charge is 2.46. The van der Waals surface area contributed by atoms with E-state index < -0.39 is 16.2 Å². The van der Waals surface area contributed by atoms with Gasteiger partial charge in [-0.1, -0.05) is 0 Å². The fraction of sp³-hybridized carbons (Fsp3) is 0.571. The van der Waals surface area contributed by atoms with Crippen molar-refractivity contribution in [2.75, 3.05) is 12.0 Å². The average Bonchev–Trinajstić information content (AvgIpc) is 2.14. The highest BCUT2D eigenvalue weighted by atomic mass is 35.5. The Balaban J connectivity index is 0.00000128. The summed E-state index contributed by atoms with van der Waals surface area (Å²) >= 11 is 1.40. The fourth-order valence-electron chi connectivity index (χ4n) is 1.43. The summed E-state index contributed by atoms with van der Waals surface area (Å²) in [7, 11) is -3.52. The van der Waals surface area contributed by atoms with Gasteiger partial charge in [0, 0.05) is 6.20 Å². The van der Waals surface area contributed by atoms with E-state index in [1.54, 1.807) is 0 Å². The number of nitrogens with two attached hydrogens (primary N) is 1. The zero-order chi connectivity index (χ0) is 11.2. The molecule has 2 aliphatic rings. The van der Waals surface area contributed by atoms with E-state index in [0.717, 1.165) is 6.26 Å². The third-order valence-electron chi connectivity index (χ3n) is 2.06. The number of carbonyl (C=O) groups is 1. The maximum Gasteiger partial charge on any atom is 0.306 e. The molecule has 2 N–H and O–H groups in total. The van der Waals surface area contributed by atoms with E-state index in [2.05, 4.69) is 0 Å². The predicted octanol–water partition coefficient (Wildman–Crippen LogP) is -0.532. The zero-order valence-electron chi connectivity index (χ0n) is 8.32. The molecule has 1 unspecified atom stereocenters. The second kappa shape index (κ2) is 4.44. The maximum atomic E-state index is 11.2. The van der Waals surface area contributed by atoms with Gasteiger partial charge in [-0.3, -0.25) is 9.69 Å². The molecule has 0 aromatic heterocycles. The molecule has 0 saturated carbocycles. The summed E-state index contributed by atoms with van der Waals surface area (Å²) in [5.74, 6) is 0.468. The van der Waals surface area contributed by atoms with Gasteiger partial charge in [-0.05, 0) is 0 Å². The minimum Gasteiger partial charge on any atom is -0.385 e. The van der Waals surface area contributed by atoms with Crippen LogP contribution in [0, 0.1) is 0 Å². The molecule has 1 amide bonds. The van der Waals surface area contributed by atoms with E-state index in [4.69, 9.17) is 9.92 Å². The van der Waals surface area contributed by atoms with Crippen LogP contribution in [0.3, 0.4) is 0 Å². The molecule has 2 heterocycles. The Kier molecular flexibility index (Phi) is 3.78. The molecule has 2 aliphatic heterocycles. The summed E-state index contributed by atoms with van der Waals surface area (Å²) < 4.78 is 26.4. The zero-order valence-corrected chi connectivity index (χ0v) is 10.8. The van der Waals surface area contributed by atoms with Gasteiger partial charge in [-0.2, -0.15) is 8.42 Å². The first kappa shape index (κ1) is 13.6. The highest BCUT2D eigenvalue weighted by molar-refractivity contribution is 8.00. The van der Waals surface area contributed by atoms with Crippen LogP contribution < -0.4 is 5.73 Å². The van der Waals surface area contributed by atoms with Crippen molar-refractivity contribution < 1.29 is 17.4 Å². The summed E-state index contributed by atoms with van der Waals surface area (Å²) in [6.07, 6.45) is 2.38. The number of thioether (sulfide) groups is 1. The second-order valence-corrected chi connectivity index (χ2v) is 6.04. The van der Waals surface area contributed by atoms with E-state index >= 15 is 0 Å². The number of hydrogen-bond donors (Lipinski definition) is 1. The van der Waals surface area contributed by atoms with Crippen molar-refractivity contribution in [1.82, 2.24) is 4.90 Å². The summed E-state index contributed by atoms with van der Waals surface area (Å²) in [5, 5.41) is -0.0792. The predicted molar refractivity (Wildman–Crippen MR) is 62.3 cm³/mol. The van der Waals surface area contributed by atoms with Gasteiger partial charge in [0.2, 0.25) is 5.91 Å². The van der Waals surface area contributed by atoms with Crippen molar-refractivity contribution in [3.63, 3.8) is 0 Å². The lowest BCUT2D eigenvalue weighted by molar-refractivity contribution is -0.140. The van der Waals surface area contributed by atoms with Crippen molar-refractivity contribution in [2.45, 2.75) is 11.4 Å². The Morgan fingerprint density at radius 1 is 1.62 bits per heavy atom. The number of nitrogens with zero attached hydrogens (tertiary/aromatic N) is 1. The van der Waals surface area contributed by atoms with Crippen LogP contribution in [0.5, 0.6) is 0 Å². The molecule has 1 fully saturated rings. The number of halogens is 1. The molecular formula is C7H11ClN2O4S2. The molecular weight excluding hydrogens is 276 g/mol. The first-order chi connectivity index (χ1) is 6.88. The Morgan fingerprint density at radius 2 is 2.25 bits per heavy atom. The third-order valence-corrected chi connectivity index (χ3v) is 3.89. The van der Waals surface area contributed by atoms with E-state index in [1.165, 1.54) is 22.9 Å². The van der Waals surface area contributed by atoms with Gasteiger partial charge < -0.3 is 9.92 Å². The maximum absolute atomic E-state index is 11.2. The molecule has 0 aliphatic carbocycles. The van der Waals surface area contributed by atoms with Crippen LogP contribution in [0.15, 0.2) is 12.0 Å². The van der Waals surface area contributed by atoms with E-state index in [9.17, 15) is 13.2 Å². The first-order valence-electron chi connectivity index (χ1n) is 4.18. The van der Waals surface area contributed by atoms with Crippen LogP contribution in [0.4, 0.5) is 0 Å². The van der Waals surface area contributed by atoms with Gasteiger partial charge in [0.25, 0.3) is 0 Å². The molecule has 16 heavy (non-hydrogen) atoms. The van der Waals surface area contributed by atoms with Crippen molar-refractivity contribution >= 4 is 40.2 Å². The van der Waals surface area contributed by atoms with Crippen molar-refractivity contribution in [2.24, 2.45) is 5.73 Å². The van der Waals surface area contributed by atoms with Crippen LogP contribution in [0.2, 0.25) is 0 Å². The van der Waals surface area contributed by atoms with Crippen LogP contribution in [-0.2, 0) is 19.1 Å². The Hall–Kier alpha value is -0.440. The largest absolute Gasteiger partial charge is 0.385 e. The Bertz CT molecular complexity index is 436. The normalized spacial score (nSPS) is 28.5. The van der Waals surface area contributed by atoms with Crippen LogP contribution >= 0.6 is 24.2 Å². The summed E-state index contributed by atoms with van der Waals surface area (Å²) in [6, 6.07) is -0.481. The van der Waals surface area contributed by atoms with Gasteiger partial charge in [-0.15, -0.1) is 24.2 Å². The molecule has 2 atom stereocenters. The Morgan fingerprint density at radius 3 is 2.81 bits per heavy atom. The minimum absolute atomic E-state index is 0. The van der Waals surface area contributed by atoms with E-state index in [-0.39, 0.29) is 29.4 Å². The molecule has 2 rings (SSSR count). The molecule has 0 bridgehead atoms. The molecule has 92 valence electrons. The van der Waals surface area contributed by atoms with Crippen LogP contribution in [0.25, 0.3) is 0 Å². The topological polar surface area (TPSA) is 89.7 Å². The number of carbonyl (C=O) groups excluding carboxylic acids is 1. The number of β-lactam (4-membered cyclic amide) rings is 1. The lowest BCUT2D eigenvalue weighted by atomic mass is 10.1. The number of rotatable bonds is 2. The molecule has 0 aromatic carbocycles. The molecule has 1 saturated heterocycles. The van der Waals surface area contributed by atoms with Gasteiger partial charge in [0.15, 0.2) is 0 Å². The summed E-state index contributed by atoms with van der Waals surface area (Å²) in [6.45, 7) is 0. The minimum atomic E-state index is -3.52. The summed E-state index contributed by atoms with van der Waals surface area (Å²) in [4.78, 5) is 12.6. The fourth-order valence-corrected chi connectivity index (χ4v) is 3.11. The van der Waals surface area contributed by atoms with Crippen LogP contribution in [0.1, 0.15) is 0 Å². The van der Waals surface area contributed by atoms with E-state index in [0.29, 0.717) is 5.75 Å². The van der Waals surface area contributed by atoms with Gasteiger partial charge >= 0.3 is 10.1 Å². The highest BCUT2D eigenvalue weighted by Crippen LogP contribution is 2.35. The van der Waals surface area contributed by atoms with Crippen molar-refractivity contribution in [3.8, 4) is 0 Å². The SMILES string of the molecule is CS(=O)(=O)OC1=CN2C(=O)C(N)[C@H]2SC1.Cl. The van der Waals surface area contributed by atoms with E-state index in [1.807, 2.05) is 0 Å². The number of fused-ring (bicyclic) bond motifs is 1. The lowest BCUT2D eigenvalue weighted by Crippen LogP contribution is -2.66. The van der Waals surface area contributed by atoms with Gasteiger partial charge in [0.05, 0.1) is 12.0 Å². The van der Waals surface area contributed by atoms with Gasteiger partial charge in [0.1, 0.15) is 17.2 Å². The lowest BCUT2D eigenvalue weighted by Gasteiger charge is -2.45. The number of amides is 1. The molecule has 6 nitrogen and oxygen atoms in total. The molecule has 9 heteroatoms. The smallest absolute Gasteiger partial charge is 0.306 e.